The summed E-state index contributed by atoms with van der Waals surface area (Å²) in [7, 11) is 0. The number of halogens is 1. The van der Waals surface area contributed by atoms with Crippen LogP contribution in [0.4, 0.5) is 21.8 Å². The average molecular weight is 265 g/mol. The number of hydrogen-bond donors (Lipinski definition) is 2. The van der Waals surface area contributed by atoms with Gasteiger partial charge in [-0.2, -0.15) is 9.97 Å². The third kappa shape index (κ3) is 2.65. The van der Waals surface area contributed by atoms with Crippen molar-refractivity contribution in [2.45, 2.75) is 0 Å². The first-order chi connectivity index (χ1) is 8.97. The number of rotatable bonds is 3. The quantitative estimate of drug-likeness (QED) is 0.634. The van der Waals surface area contributed by atoms with Crippen molar-refractivity contribution in [2.24, 2.45) is 0 Å². The van der Waals surface area contributed by atoms with Gasteiger partial charge in [0.2, 0.25) is 17.6 Å². The Morgan fingerprint density at radius 3 is 2.68 bits per heavy atom. The van der Waals surface area contributed by atoms with E-state index in [1.165, 1.54) is 12.1 Å². The van der Waals surface area contributed by atoms with Gasteiger partial charge in [0.25, 0.3) is 0 Å². The van der Waals surface area contributed by atoms with Gasteiger partial charge in [-0.1, -0.05) is 6.07 Å². The molecular weight excluding hydrogens is 257 g/mol. The van der Waals surface area contributed by atoms with E-state index >= 15 is 0 Å². The molecule has 0 aliphatic heterocycles. The van der Waals surface area contributed by atoms with Crippen molar-refractivity contribution in [2.75, 3.05) is 11.5 Å². The molecule has 0 spiro atoms. The van der Waals surface area contributed by atoms with E-state index in [-0.39, 0.29) is 17.6 Å². The van der Waals surface area contributed by atoms with Gasteiger partial charge in [0.05, 0.1) is 4.92 Å². The standard InChI is InChI=1S/C10H8FN5O3/c11-5-2-1-3-6(16(17)18)9(5)19-8-4-7(12)14-10(13)15-8/h1-4H,(H4,12,13,14,15). The van der Waals surface area contributed by atoms with Crippen LogP contribution in [0.5, 0.6) is 11.6 Å². The Labute approximate surface area is 106 Å². The maximum absolute atomic E-state index is 13.6. The van der Waals surface area contributed by atoms with Gasteiger partial charge in [-0.25, -0.2) is 4.39 Å². The summed E-state index contributed by atoms with van der Waals surface area (Å²) in [6, 6.07) is 4.50. The van der Waals surface area contributed by atoms with Crippen molar-refractivity contribution < 1.29 is 14.1 Å². The Balaban J connectivity index is 2.45. The van der Waals surface area contributed by atoms with Gasteiger partial charge in [-0.15, -0.1) is 0 Å². The van der Waals surface area contributed by atoms with E-state index in [2.05, 4.69) is 9.97 Å². The Morgan fingerprint density at radius 1 is 1.32 bits per heavy atom. The number of ether oxygens (including phenoxy) is 1. The summed E-state index contributed by atoms with van der Waals surface area (Å²) in [5.74, 6) is -1.83. The minimum absolute atomic E-state index is 0.00138. The van der Waals surface area contributed by atoms with Crippen molar-refractivity contribution in [1.29, 1.82) is 0 Å². The van der Waals surface area contributed by atoms with E-state index in [0.29, 0.717) is 0 Å². The largest absolute Gasteiger partial charge is 0.428 e. The molecule has 0 aliphatic carbocycles. The lowest BCUT2D eigenvalue weighted by Gasteiger charge is -2.07. The number of hydrogen-bond acceptors (Lipinski definition) is 7. The summed E-state index contributed by atoms with van der Waals surface area (Å²) in [6.07, 6.45) is 0. The predicted octanol–water partition coefficient (Wildman–Crippen LogP) is 1.48. The fraction of sp³-hybridized carbons (Fsp3) is 0. The molecule has 0 fully saturated rings. The first-order valence-corrected chi connectivity index (χ1v) is 4.98. The van der Waals surface area contributed by atoms with E-state index in [0.717, 1.165) is 12.1 Å². The van der Waals surface area contributed by atoms with Crippen LogP contribution in [-0.2, 0) is 0 Å². The molecule has 98 valence electrons. The number of para-hydroxylation sites is 1. The van der Waals surface area contributed by atoms with E-state index in [1.54, 1.807) is 0 Å². The number of nitrogens with two attached hydrogens (primary N) is 2. The third-order valence-electron chi connectivity index (χ3n) is 2.09. The smallest absolute Gasteiger partial charge is 0.314 e. The molecule has 1 aromatic heterocycles. The second kappa shape index (κ2) is 4.72. The number of nitrogens with zero attached hydrogens (tertiary/aromatic N) is 3. The topological polar surface area (TPSA) is 130 Å². The maximum atomic E-state index is 13.6. The molecule has 1 aromatic carbocycles. The highest BCUT2D eigenvalue weighted by Crippen LogP contribution is 2.33. The van der Waals surface area contributed by atoms with E-state index in [9.17, 15) is 14.5 Å². The number of nitro groups is 1. The van der Waals surface area contributed by atoms with Crippen LogP contribution in [0, 0.1) is 15.9 Å². The fourth-order valence-electron chi connectivity index (χ4n) is 1.36. The van der Waals surface area contributed by atoms with Crippen LogP contribution in [0.2, 0.25) is 0 Å². The molecule has 0 saturated heterocycles. The van der Waals surface area contributed by atoms with Gasteiger partial charge in [0, 0.05) is 12.1 Å². The van der Waals surface area contributed by atoms with Crippen LogP contribution in [0.1, 0.15) is 0 Å². The zero-order valence-corrected chi connectivity index (χ0v) is 9.41. The highest BCUT2D eigenvalue weighted by Gasteiger charge is 2.20. The molecule has 0 atom stereocenters. The van der Waals surface area contributed by atoms with Crippen molar-refractivity contribution >= 4 is 17.5 Å². The molecule has 19 heavy (non-hydrogen) atoms. The van der Waals surface area contributed by atoms with Gasteiger partial charge in [-0.05, 0) is 6.07 Å². The van der Waals surface area contributed by atoms with E-state index in [4.69, 9.17) is 16.2 Å². The number of benzene rings is 1. The second-order valence-corrected chi connectivity index (χ2v) is 3.44. The number of anilines is 2. The first-order valence-electron chi connectivity index (χ1n) is 4.98. The summed E-state index contributed by atoms with van der Waals surface area (Å²) in [5.41, 5.74) is 10.2. The normalized spacial score (nSPS) is 10.2. The molecule has 8 nitrogen and oxygen atoms in total. The Kier molecular flexibility index (Phi) is 3.10. The van der Waals surface area contributed by atoms with Gasteiger partial charge in [0.1, 0.15) is 5.82 Å². The summed E-state index contributed by atoms with van der Waals surface area (Å²) in [6.45, 7) is 0. The molecule has 2 aromatic rings. The molecule has 1 heterocycles. The molecular formula is C10H8FN5O3. The molecule has 0 bridgehead atoms. The lowest BCUT2D eigenvalue weighted by Crippen LogP contribution is -2.02. The lowest BCUT2D eigenvalue weighted by molar-refractivity contribution is -0.385. The fourth-order valence-corrected chi connectivity index (χ4v) is 1.36. The van der Waals surface area contributed by atoms with Crippen LogP contribution in [0.3, 0.4) is 0 Å². The minimum atomic E-state index is -0.898. The number of nitro benzene ring substituents is 1. The summed E-state index contributed by atoms with van der Waals surface area (Å²) < 4.78 is 18.6. The van der Waals surface area contributed by atoms with Gasteiger partial charge < -0.3 is 16.2 Å². The Morgan fingerprint density at radius 2 is 2.05 bits per heavy atom. The monoisotopic (exact) mass is 265 g/mol. The SMILES string of the molecule is Nc1cc(Oc2c(F)cccc2[N+](=O)[O-])nc(N)n1. The van der Waals surface area contributed by atoms with Crippen molar-refractivity contribution in [1.82, 2.24) is 9.97 Å². The predicted molar refractivity (Wildman–Crippen MR) is 64.0 cm³/mol. The highest BCUT2D eigenvalue weighted by atomic mass is 19.1. The van der Waals surface area contributed by atoms with Crippen molar-refractivity contribution in [3.05, 3.63) is 40.2 Å². The molecule has 4 N–H and O–H groups in total. The highest BCUT2D eigenvalue weighted by molar-refractivity contribution is 5.49. The second-order valence-electron chi connectivity index (χ2n) is 3.44. The van der Waals surface area contributed by atoms with Crippen LogP contribution in [0.15, 0.2) is 24.3 Å². The number of nitrogen functional groups attached to an aromatic ring is 2. The summed E-state index contributed by atoms with van der Waals surface area (Å²) in [4.78, 5) is 17.2. The van der Waals surface area contributed by atoms with Crippen LogP contribution in [-0.4, -0.2) is 14.9 Å². The molecule has 0 unspecified atom stereocenters. The maximum Gasteiger partial charge on any atom is 0.314 e. The van der Waals surface area contributed by atoms with Gasteiger partial charge in [-0.3, -0.25) is 10.1 Å². The summed E-state index contributed by atoms with van der Waals surface area (Å²) >= 11 is 0. The lowest BCUT2D eigenvalue weighted by atomic mass is 10.3. The molecule has 0 radical (unpaired) electrons. The van der Waals surface area contributed by atoms with Gasteiger partial charge >= 0.3 is 5.69 Å². The molecule has 9 heteroatoms. The van der Waals surface area contributed by atoms with Crippen LogP contribution < -0.4 is 16.2 Å². The zero-order valence-electron chi connectivity index (χ0n) is 9.41. The van der Waals surface area contributed by atoms with Crippen molar-refractivity contribution in [3.63, 3.8) is 0 Å². The Hall–Kier alpha value is -2.97. The van der Waals surface area contributed by atoms with E-state index < -0.39 is 22.2 Å². The molecule has 2 rings (SSSR count). The third-order valence-corrected chi connectivity index (χ3v) is 2.09. The van der Waals surface area contributed by atoms with Crippen LogP contribution >= 0.6 is 0 Å². The first kappa shape index (κ1) is 12.5. The summed E-state index contributed by atoms with van der Waals surface area (Å²) in [5, 5.41) is 10.8. The molecule has 0 saturated carbocycles. The molecule has 0 aliphatic rings. The number of aromatic nitrogens is 2. The average Bonchev–Trinajstić information content (AvgIpc) is 2.30. The van der Waals surface area contributed by atoms with Gasteiger partial charge in [0.15, 0.2) is 5.82 Å². The zero-order chi connectivity index (χ0) is 14.0. The minimum Gasteiger partial charge on any atom is -0.428 e. The molecule has 0 amide bonds. The van der Waals surface area contributed by atoms with Crippen molar-refractivity contribution in [3.8, 4) is 11.6 Å². The van der Waals surface area contributed by atoms with E-state index in [1.807, 2.05) is 0 Å². The Bertz CT molecular complexity index is 629. The van der Waals surface area contributed by atoms with Crippen LogP contribution in [0.25, 0.3) is 0 Å².